The minimum Gasteiger partial charge on any atom is -0.423 e. The van der Waals surface area contributed by atoms with Gasteiger partial charge >= 0.3 is 0 Å². The van der Waals surface area contributed by atoms with E-state index in [1.807, 2.05) is 26.8 Å². The van der Waals surface area contributed by atoms with E-state index < -0.39 is 0 Å². The minimum absolute atomic E-state index is 0.176. The van der Waals surface area contributed by atoms with Crippen molar-refractivity contribution >= 4 is 5.88 Å². The number of anilines is 1. The fourth-order valence-corrected chi connectivity index (χ4v) is 3.05. The standard InChI is InChI=1S/C20H26N4O2/c1-20(2,3)19-23-16(13-21)18(26-19)22-14-17(15-7-5-4-6-8-15)24-9-11-25-12-10-24/h4-8,17,22H,9-12,14H2,1-3H3/t17-/m1/s1. The van der Waals surface area contributed by atoms with Crippen LogP contribution in [0.4, 0.5) is 5.88 Å². The van der Waals surface area contributed by atoms with E-state index >= 15 is 0 Å². The summed E-state index contributed by atoms with van der Waals surface area (Å²) < 4.78 is 11.3. The van der Waals surface area contributed by atoms with Crippen LogP contribution in [0.25, 0.3) is 0 Å². The average molecular weight is 354 g/mol. The van der Waals surface area contributed by atoms with E-state index in [0.717, 1.165) is 26.3 Å². The van der Waals surface area contributed by atoms with Crippen LogP contribution in [0, 0.1) is 11.3 Å². The Hall–Kier alpha value is -2.36. The number of hydrogen-bond donors (Lipinski definition) is 1. The zero-order valence-electron chi connectivity index (χ0n) is 15.7. The third-order valence-electron chi connectivity index (χ3n) is 4.50. The molecule has 0 amide bonds. The van der Waals surface area contributed by atoms with E-state index in [1.54, 1.807) is 0 Å². The lowest BCUT2D eigenvalue weighted by molar-refractivity contribution is 0.0186. The van der Waals surface area contributed by atoms with Crippen LogP contribution in [0.3, 0.4) is 0 Å². The molecule has 0 bridgehead atoms. The van der Waals surface area contributed by atoms with Crippen LogP contribution in [-0.4, -0.2) is 42.7 Å². The lowest BCUT2D eigenvalue weighted by Gasteiger charge is -2.34. The Kier molecular flexibility index (Phi) is 5.60. The molecule has 1 fully saturated rings. The SMILES string of the molecule is CC(C)(C)c1nc(C#N)c(NC[C@H](c2ccccc2)N2CCOCC2)o1. The average Bonchev–Trinajstić information content (AvgIpc) is 3.07. The van der Waals surface area contributed by atoms with Crippen molar-refractivity contribution in [1.29, 1.82) is 5.26 Å². The van der Waals surface area contributed by atoms with Gasteiger partial charge in [0, 0.05) is 25.0 Å². The minimum atomic E-state index is -0.241. The summed E-state index contributed by atoms with van der Waals surface area (Å²) in [6, 6.07) is 12.7. The molecule has 6 heteroatoms. The van der Waals surface area contributed by atoms with Gasteiger partial charge in [0.2, 0.25) is 17.5 Å². The highest BCUT2D eigenvalue weighted by molar-refractivity contribution is 5.46. The molecule has 0 aliphatic carbocycles. The van der Waals surface area contributed by atoms with Gasteiger partial charge in [-0.3, -0.25) is 4.90 Å². The molecule has 6 nitrogen and oxygen atoms in total. The Morgan fingerprint density at radius 3 is 2.54 bits per heavy atom. The predicted molar refractivity (Wildman–Crippen MR) is 100.0 cm³/mol. The lowest BCUT2D eigenvalue weighted by Crippen LogP contribution is -2.41. The van der Waals surface area contributed by atoms with E-state index in [2.05, 4.69) is 45.5 Å². The van der Waals surface area contributed by atoms with Gasteiger partial charge in [-0.1, -0.05) is 51.1 Å². The van der Waals surface area contributed by atoms with Gasteiger partial charge in [0.1, 0.15) is 6.07 Å². The largest absolute Gasteiger partial charge is 0.423 e. The monoisotopic (exact) mass is 354 g/mol. The predicted octanol–water partition coefficient (Wildman–Crippen LogP) is 3.33. The molecule has 3 rings (SSSR count). The Bertz CT molecular complexity index is 752. The maximum atomic E-state index is 9.39. The number of nitriles is 1. The highest BCUT2D eigenvalue weighted by Gasteiger charge is 2.26. The summed E-state index contributed by atoms with van der Waals surface area (Å²) in [5.41, 5.74) is 1.30. The van der Waals surface area contributed by atoms with Crippen molar-refractivity contribution in [3.05, 3.63) is 47.5 Å². The number of hydrogen-bond acceptors (Lipinski definition) is 6. The summed E-state index contributed by atoms with van der Waals surface area (Å²) in [5, 5.41) is 12.7. The third-order valence-corrected chi connectivity index (χ3v) is 4.50. The molecule has 1 aromatic carbocycles. The molecule has 1 aliphatic rings. The molecular formula is C20H26N4O2. The molecule has 1 aliphatic heterocycles. The number of oxazole rings is 1. The number of nitrogens with zero attached hydrogens (tertiary/aromatic N) is 3. The van der Waals surface area contributed by atoms with Crippen molar-refractivity contribution in [2.75, 3.05) is 38.2 Å². The summed E-state index contributed by atoms with van der Waals surface area (Å²) in [4.78, 5) is 6.74. The second-order valence-electron chi connectivity index (χ2n) is 7.51. The van der Waals surface area contributed by atoms with E-state index in [4.69, 9.17) is 9.15 Å². The van der Waals surface area contributed by atoms with Gasteiger partial charge in [-0.15, -0.1) is 0 Å². The zero-order chi connectivity index (χ0) is 18.6. The molecule has 1 aromatic heterocycles. The number of nitrogens with one attached hydrogen (secondary N) is 1. The van der Waals surface area contributed by atoms with Crippen LogP contribution >= 0.6 is 0 Å². The molecule has 0 unspecified atom stereocenters. The van der Waals surface area contributed by atoms with Crippen molar-refractivity contribution in [2.45, 2.75) is 32.2 Å². The molecule has 0 saturated carbocycles. The van der Waals surface area contributed by atoms with E-state index in [1.165, 1.54) is 5.56 Å². The van der Waals surface area contributed by atoms with Crippen LogP contribution in [0.5, 0.6) is 0 Å². The highest BCUT2D eigenvalue weighted by atomic mass is 16.5. The van der Waals surface area contributed by atoms with Crippen molar-refractivity contribution in [2.24, 2.45) is 0 Å². The third kappa shape index (κ3) is 4.24. The molecule has 1 atom stereocenters. The fourth-order valence-electron chi connectivity index (χ4n) is 3.05. The van der Waals surface area contributed by atoms with Gasteiger partial charge in [-0.2, -0.15) is 10.2 Å². The molecule has 26 heavy (non-hydrogen) atoms. The molecule has 138 valence electrons. The maximum Gasteiger partial charge on any atom is 0.232 e. The summed E-state index contributed by atoms with van der Waals surface area (Å²) in [7, 11) is 0. The van der Waals surface area contributed by atoms with Crippen LogP contribution in [-0.2, 0) is 10.2 Å². The first kappa shape index (κ1) is 18.4. The first-order chi connectivity index (χ1) is 12.5. The van der Waals surface area contributed by atoms with Crippen LogP contribution in [0.1, 0.15) is 44.0 Å². The first-order valence-electron chi connectivity index (χ1n) is 9.01. The second-order valence-corrected chi connectivity index (χ2v) is 7.51. The van der Waals surface area contributed by atoms with Gasteiger partial charge in [-0.25, -0.2) is 0 Å². The number of rotatable bonds is 5. The van der Waals surface area contributed by atoms with Gasteiger partial charge in [0.05, 0.1) is 19.3 Å². The summed E-state index contributed by atoms with van der Waals surface area (Å²) in [5.74, 6) is 1.02. The smallest absolute Gasteiger partial charge is 0.232 e. The van der Waals surface area contributed by atoms with Crippen LogP contribution in [0.2, 0.25) is 0 Å². The molecular weight excluding hydrogens is 328 g/mol. The Balaban J connectivity index is 1.80. The molecule has 0 spiro atoms. The summed E-state index contributed by atoms with van der Waals surface area (Å²) >= 11 is 0. The zero-order valence-corrected chi connectivity index (χ0v) is 15.7. The number of aromatic nitrogens is 1. The quantitative estimate of drug-likeness (QED) is 0.888. The van der Waals surface area contributed by atoms with Gasteiger partial charge < -0.3 is 14.5 Å². The van der Waals surface area contributed by atoms with Crippen LogP contribution in [0.15, 0.2) is 34.7 Å². The molecule has 2 aromatic rings. The Labute approximate surface area is 154 Å². The molecule has 1 N–H and O–H groups in total. The summed E-state index contributed by atoms with van der Waals surface area (Å²) in [6.07, 6.45) is 0. The van der Waals surface area contributed by atoms with Crippen molar-refractivity contribution in [3.8, 4) is 6.07 Å². The fraction of sp³-hybridized carbons (Fsp3) is 0.500. The highest BCUT2D eigenvalue weighted by Crippen LogP contribution is 2.28. The van der Waals surface area contributed by atoms with E-state index in [-0.39, 0.29) is 11.5 Å². The number of ether oxygens (including phenoxy) is 1. The number of benzene rings is 1. The van der Waals surface area contributed by atoms with E-state index in [0.29, 0.717) is 24.0 Å². The maximum absolute atomic E-state index is 9.39. The van der Waals surface area contributed by atoms with Crippen molar-refractivity contribution in [3.63, 3.8) is 0 Å². The van der Waals surface area contributed by atoms with Gasteiger partial charge in [0.15, 0.2) is 0 Å². The number of morpholine rings is 1. The Morgan fingerprint density at radius 1 is 1.23 bits per heavy atom. The van der Waals surface area contributed by atoms with Crippen LogP contribution < -0.4 is 5.32 Å². The second kappa shape index (κ2) is 7.90. The van der Waals surface area contributed by atoms with Gasteiger partial charge in [0.25, 0.3) is 0 Å². The lowest BCUT2D eigenvalue weighted by atomic mass is 9.97. The molecule has 0 radical (unpaired) electrons. The van der Waals surface area contributed by atoms with Gasteiger partial charge in [-0.05, 0) is 5.56 Å². The van der Waals surface area contributed by atoms with Crippen molar-refractivity contribution < 1.29 is 9.15 Å². The normalized spacial score (nSPS) is 16.8. The molecule has 1 saturated heterocycles. The first-order valence-corrected chi connectivity index (χ1v) is 9.01. The molecule has 2 heterocycles. The Morgan fingerprint density at radius 2 is 1.92 bits per heavy atom. The topological polar surface area (TPSA) is 74.3 Å². The van der Waals surface area contributed by atoms with E-state index in [9.17, 15) is 5.26 Å². The summed E-state index contributed by atoms with van der Waals surface area (Å²) in [6.45, 7) is 9.94. The van der Waals surface area contributed by atoms with Crippen molar-refractivity contribution in [1.82, 2.24) is 9.88 Å².